The molecular weight excluding hydrogens is 296 g/mol. The second-order valence-electron chi connectivity index (χ2n) is 8.44. The molecule has 0 aliphatic heterocycles. The molecule has 128 valence electrons. The van der Waals surface area contributed by atoms with E-state index in [0.717, 1.165) is 11.1 Å². The van der Waals surface area contributed by atoms with Crippen LogP contribution in [0.4, 0.5) is 0 Å². The summed E-state index contributed by atoms with van der Waals surface area (Å²) in [6, 6.07) is 13.4. The number of carbonyl (C=O) groups excluding carboxylic acids is 1. The number of esters is 1. The van der Waals surface area contributed by atoms with Crippen LogP contribution in [0.25, 0.3) is 0 Å². The summed E-state index contributed by atoms with van der Waals surface area (Å²) in [6.45, 7) is 15.0. The Hall–Kier alpha value is -2.09. The Bertz CT molecular complexity index is 694. The van der Waals surface area contributed by atoms with Crippen molar-refractivity contribution in [2.45, 2.75) is 59.3 Å². The van der Waals surface area contributed by atoms with E-state index in [9.17, 15) is 4.79 Å². The Morgan fingerprint density at radius 3 is 1.71 bits per heavy atom. The van der Waals surface area contributed by atoms with Gasteiger partial charge >= 0.3 is 5.97 Å². The number of hydrogen-bond donors (Lipinski definition) is 0. The van der Waals surface area contributed by atoms with Gasteiger partial charge < -0.3 is 4.74 Å². The molecule has 0 saturated heterocycles. The minimum atomic E-state index is -0.310. The molecule has 0 unspecified atom stereocenters. The van der Waals surface area contributed by atoms with E-state index in [-0.39, 0.29) is 16.8 Å². The molecule has 0 bridgehead atoms. The van der Waals surface area contributed by atoms with Crippen molar-refractivity contribution in [3.63, 3.8) is 0 Å². The normalized spacial score (nSPS) is 12.1. The molecule has 2 rings (SSSR count). The van der Waals surface area contributed by atoms with Gasteiger partial charge in [-0.1, -0.05) is 77.4 Å². The molecule has 0 heterocycles. The van der Waals surface area contributed by atoms with Gasteiger partial charge in [0, 0.05) is 11.1 Å². The SMILES string of the molecule is Cc1cc(C(C)(C)C)c(OC(=O)c2ccccc2)c(C(C)(C)C)c1. The van der Waals surface area contributed by atoms with Gasteiger partial charge in [0.05, 0.1) is 5.56 Å². The van der Waals surface area contributed by atoms with Gasteiger partial charge in [-0.25, -0.2) is 4.79 Å². The second kappa shape index (κ2) is 6.43. The van der Waals surface area contributed by atoms with E-state index < -0.39 is 0 Å². The predicted octanol–water partition coefficient (Wildman–Crippen LogP) is 5.81. The topological polar surface area (TPSA) is 26.3 Å². The number of aryl methyl sites for hydroxylation is 1. The molecule has 0 radical (unpaired) electrons. The predicted molar refractivity (Wildman–Crippen MR) is 100.0 cm³/mol. The lowest BCUT2D eigenvalue weighted by Crippen LogP contribution is -2.22. The van der Waals surface area contributed by atoms with E-state index >= 15 is 0 Å². The van der Waals surface area contributed by atoms with Crippen molar-refractivity contribution in [1.82, 2.24) is 0 Å². The van der Waals surface area contributed by atoms with Gasteiger partial charge in [0.25, 0.3) is 0 Å². The molecule has 0 aliphatic rings. The first-order valence-electron chi connectivity index (χ1n) is 8.43. The summed E-state index contributed by atoms with van der Waals surface area (Å²) in [5.74, 6) is 0.393. The van der Waals surface area contributed by atoms with Gasteiger partial charge in [-0.05, 0) is 29.9 Å². The fourth-order valence-corrected chi connectivity index (χ4v) is 2.72. The van der Waals surface area contributed by atoms with Crippen LogP contribution in [-0.4, -0.2) is 5.97 Å². The van der Waals surface area contributed by atoms with E-state index in [2.05, 4.69) is 60.6 Å². The largest absolute Gasteiger partial charge is 0.422 e. The molecular formula is C22H28O2. The third-order valence-corrected chi connectivity index (χ3v) is 4.05. The Kier molecular flexibility index (Phi) is 4.89. The van der Waals surface area contributed by atoms with Crippen LogP contribution in [0.3, 0.4) is 0 Å². The van der Waals surface area contributed by atoms with Crippen LogP contribution < -0.4 is 4.74 Å². The monoisotopic (exact) mass is 324 g/mol. The fraction of sp³-hybridized carbons (Fsp3) is 0.409. The van der Waals surface area contributed by atoms with Crippen molar-refractivity contribution in [3.8, 4) is 5.75 Å². The van der Waals surface area contributed by atoms with Crippen LogP contribution in [0.5, 0.6) is 5.75 Å². The lowest BCUT2D eigenvalue weighted by molar-refractivity contribution is 0.0728. The van der Waals surface area contributed by atoms with Crippen LogP contribution in [0.1, 0.15) is 68.6 Å². The van der Waals surface area contributed by atoms with E-state index in [1.54, 1.807) is 12.1 Å². The van der Waals surface area contributed by atoms with Gasteiger partial charge in [-0.15, -0.1) is 0 Å². The highest BCUT2D eigenvalue weighted by atomic mass is 16.5. The Morgan fingerprint density at radius 1 is 0.833 bits per heavy atom. The summed E-state index contributed by atoms with van der Waals surface area (Å²) >= 11 is 0. The molecule has 0 spiro atoms. The first-order chi connectivity index (χ1) is 11.0. The number of benzene rings is 2. The summed E-state index contributed by atoms with van der Waals surface area (Å²) in [4.78, 5) is 12.6. The van der Waals surface area contributed by atoms with Crippen molar-refractivity contribution < 1.29 is 9.53 Å². The van der Waals surface area contributed by atoms with E-state index in [4.69, 9.17) is 4.74 Å². The average Bonchev–Trinajstić information content (AvgIpc) is 2.47. The Morgan fingerprint density at radius 2 is 1.29 bits per heavy atom. The maximum Gasteiger partial charge on any atom is 0.343 e. The fourth-order valence-electron chi connectivity index (χ4n) is 2.72. The molecule has 2 aromatic carbocycles. The first kappa shape index (κ1) is 18.3. The highest BCUT2D eigenvalue weighted by Gasteiger charge is 2.29. The summed E-state index contributed by atoms with van der Waals surface area (Å²) in [7, 11) is 0. The average molecular weight is 324 g/mol. The highest BCUT2D eigenvalue weighted by molar-refractivity contribution is 5.91. The van der Waals surface area contributed by atoms with Gasteiger partial charge in [0.1, 0.15) is 5.75 Å². The molecule has 0 saturated carbocycles. The number of hydrogen-bond acceptors (Lipinski definition) is 2. The summed E-state index contributed by atoms with van der Waals surface area (Å²) in [5.41, 5.74) is 3.66. The summed E-state index contributed by atoms with van der Waals surface area (Å²) < 4.78 is 5.93. The number of carbonyl (C=O) groups is 1. The van der Waals surface area contributed by atoms with E-state index in [1.165, 1.54) is 5.56 Å². The molecule has 0 N–H and O–H groups in total. The number of ether oxygens (including phenoxy) is 1. The molecule has 2 nitrogen and oxygen atoms in total. The summed E-state index contributed by atoms with van der Waals surface area (Å²) in [6.07, 6.45) is 0. The van der Waals surface area contributed by atoms with Crippen molar-refractivity contribution in [1.29, 1.82) is 0 Å². The smallest absolute Gasteiger partial charge is 0.343 e. The Labute approximate surface area is 145 Å². The zero-order valence-electron chi connectivity index (χ0n) is 15.9. The van der Waals surface area contributed by atoms with Gasteiger partial charge in [0.15, 0.2) is 0 Å². The van der Waals surface area contributed by atoms with Crippen molar-refractivity contribution >= 4 is 5.97 Å². The molecule has 0 aliphatic carbocycles. The minimum absolute atomic E-state index is 0.113. The first-order valence-corrected chi connectivity index (χ1v) is 8.43. The quantitative estimate of drug-likeness (QED) is 0.515. The van der Waals surface area contributed by atoms with Crippen molar-refractivity contribution in [2.75, 3.05) is 0 Å². The molecule has 0 fully saturated rings. The minimum Gasteiger partial charge on any atom is -0.422 e. The van der Waals surface area contributed by atoms with Crippen LogP contribution >= 0.6 is 0 Å². The van der Waals surface area contributed by atoms with Crippen molar-refractivity contribution in [2.24, 2.45) is 0 Å². The molecule has 0 amide bonds. The van der Waals surface area contributed by atoms with Gasteiger partial charge in [-0.3, -0.25) is 0 Å². The van der Waals surface area contributed by atoms with Gasteiger partial charge in [0.2, 0.25) is 0 Å². The standard InChI is InChI=1S/C22H28O2/c1-15-13-17(21(2,3)4)19(18(14-15)22(5,6)7)24-20(23)16-11-9-8-10-12-16/h8-14H,1-7H3. The molecule has 2 heteroatoms. The lowest BCUT2D eigenvalue weighted by atomic mass is 9.78. The third-order valence-electron chi connectivity index (χ3n) is 4.05. The summed E-state index contributed by atoms with van der Waals surface area (Å²) in [5, 5.41) is 0. The van der Waals surface area contributed by atoms with Crippen LogP contribution in [0, 0.1) is 6.92 Å². The Balaban J connectivity index is 2.60. The molecule has 2 aromatic rings. The molecule has 24 heavy (non-hydrogen) atoms. The van der Waals surface area contributed by atoms with E-state index in [1.807, 2.05) is 18.2 Å². The van der Waals surface area contributed by atoms with Crippen LogP contribution in [0.2, 0.25) is 0 Å². The lowest BCUT2D eigenvalue weighted by Gasteiger charge is -2.29. The zero-order chi connectivity index (χ0) is 18.1. The zero-order valence-corrected chi connectivity index (χ0v) is 15.9. The van der Waals surface area contributed by atoms with Crippen LogP contribution in [0.15, 0.2) is 42.5 Å². The highest BCUT2D eigenvalue weighted by Crippen LogP contribution is 2.40. The maximum atomic E-state index is 12.6. The maximum absolute atomic E-state index is 12.6. The second-order valence-corrected chi connectivity index (χ2v) is 8.44. The number of rotatable bonds is 2. The molecule has 0 atom stereocenters. The molecule has 0 aromatic heterocycles. The van der Waals surface area contributed by atoms with E-state index in [0.29, 0.717) is 11.3 Å². The van der Waals surface area contributed by atoms with Gasteiger partial charge in [-0.2, -0.15) is 0 Å². The van der Waals surface area contributed by atoms with Crippen LogP contribution in [-0.2, 0) is 10.8 Å². The van der Waals surface area contributed by atoms with Crippen molar-refractivity contribution in [3.05, 3.63) is 64.7 Å². The third kappa shape index (κ3) is 4.05.